The maximum absolute atomic E-state index is 12.4. The van der Waals surface area contributed by atoms with E-state index in [1.807, 2.05) is 32.0 Å². The van der Waals surface area contributed by atoms with Gasteiger partial charge in [-0.15, -0.1) is 0 Å². The van der Waals surface area contributed by atoms with E-state index in [2.05, 4.69) is 10.5 Å². The number of benzene rings is 1. The highest BCUT2D eigenvalue weighted by Gasteiger charge is 2.36. The van der Waals surface area contributed by atoms with Gasteiger partial charge in [-0.25, -0.2) is 0 Å². The topological polar surface area (TPSA) is 75.4 Å². The van der Waals surface area contributed by atoms with E-state index in [4.69, 9.17) is 4.52 Å². The summed E-state index contributed by atoms with van der Waals surface area (Å²) in [5.41, 5.74) is 2.98. The van der Waals surface area contributed by atoms with Crippen molar-refractivity contribution in [2.45, 2.75) is 27.2 Å². The number of nitrogens with one attached hydrogen (secondary N) is 1. The molecule has 23 heavy (non-hydrogen) atoms. The van der Waals surface area contributed by atoms with Gasteiger partial charge in [0.2, 0.25) is 11.8 Å². The summed E-state index contributed by atoms with van der Waals surface area (Å²) in [5.74, 6) is 0.378. The summed E-state index contributed by atoms with van der Waals surface area (Å²) in [4.78, 5) is 26.4. The standard InChI is InChI=1S/C17H19N3O3/c1-10-5-4-6-11(2)16(10)20-9-13(8-15(20)21)17(22)18-14-7-12(3)23-19-14/h4-7,13H,8-9H2,1-3H3,(H,18,19,22)/t13-/m1/s1. The molecule has 1 fully saturated rings. The van der Waals surface area contributed by atoms with Gasteiger partial charge in [-0.1, -0.05) is 23.4 Å². The van der Waals surface area contributed by atoms with Crippen LogP contribution in [0.1, 0.15) is 23.3 Å². The molecule has 6 heteroatoms. The number of amides is 2. The molecule has 1 aromatic carbocycles. The van der Waals surface area contributed by atoms with E-state index >= 15 is 0 Å². The summed E-state index contributed by atoms with van der Waals surface area (Å²) >= 11 is 0. The molecular formula is C17H19N3O3. The van der Waals surface area contributed by atoms with Crippen molar-refractivity contribution in [2.24, 2.45) is 5.92 Å². The molecule has 1 aliphatic heterocycles. The molecule has 0 saturated carbocycles. The van der Waals surface area contributed by atoms with Gasteiger partial charge in [0.25, 0.3) is 0 Å². The van der Waals surface area contributed by atoms with Gasteiger partial charge >= 0.3 is 0 Å². The van der Waals surface area contributed by atoms with Crippen LogP contribution in [0.2, 0.25) is 0 Å². The highest BCUT2D eigenvalue weighted by atomic mass is 16.5. The molecule has 2 aromatic rings. The molecule has 0 aliphatic carbocycles. The molecule has 0 unspecified atom stereocenters. The maximum Gasteiger partial charge on any atom is 0.231 e. The van der Waals surface area contributed by atoms with E-state index in [0.717, 1.165) is 16.8 Å². The Morgan fingerprint density at radius 1 is 1.30 bits per heavy atom. The van der Waals surface area contributed by atoms with Crippen LogP contribution in [-0.2, 0) is 9.59 Å². The summed E-state index contributed by atoms with van der Waals surface area (Å²) in [5, 5.41) is 6.45. The third-order valence-electron chi connectivity index (χ3n) is 4.08. The second kappa shape index (κ2) is 5.87. The van der Waals surface area contributed by atoms with Crippen LogP contribution in [0.25, 0.3) is 0 Å². The average Bonchev–Trinajstić information content (AvgIpc) is 3.06. The normalized spacial score (nSPS) is 17.6. The number of carbonyl (C=O) groups excluding carboxylic acids is 2. The van der Waals surface area contributed by atoms with Crippen LogP contribution in [-0.4, -0.2) is 23.5 Å². The molecule has 0 radical (unpaired) electrons. The van der Waals surface area contributed by atoms with Crippen molar-refractivity contribution >= 4 is 23.3 Å². The van der Waals surface area contributed by atoms with Crippen molar-refractivity contribution in [1.82, 2.24) is 5.16 Å². The molecule has 120 valence electrons. The molecule has 2 heterocycles. The fourth-order valence-corrected chi connectivity index (χ4v) is 2.98. The Morgan fingerprint density at radius 2 is 2.00 bits per heavy atom. The number of hydrogen-bond donors (Lipinski definition) is 1. The zero-order chi connectivity index (χ0) is 16.6. The molecule has 3 rings (SSSR count). The lowest BCUT2D eigenvalue weighted by Gasteiger charge is -2.21. The van der Waals surface area contributed by atoms with Crippen LogP contribution in [0.5, 0.6) is 0 Å². The fraction of sp³-hybridized carbons (Fsp3) is 0.353. The minimum absolute atomic E-state index is 0.0288. The third-order valence-corrected chi connectivity index (χ3v) is 4.08. The first-order valence-corrected chi connectivity index (χ1v) is 7.56. The van der Waals surface area contributed by atoms with Gasteiger partial charge in [0.1, 0.15) is 5.76 Å². The largest absolute Gasteiger partial charge is 0.360 e. The van der Waals surface area contributed by atoms with Gasteiger partial charge in [-0.05, 0) is 31.9 Å². The minimum atomic E-state index is -0.390. The van der Waals surface area contributed by atoms with Crippen LogP contribution in [0, 0.1) is 26.7 Å². The minimum Gasteiger partial charge on any atom is -0.360 e. The zero-order valence-electron chi connectivity index (χ0n) is 13.4. The van der Waals surface area contributed by atoms with E-state index in [-0.39, 0.29) is 18.2 Å². The van der Waals surface area contributed by atoms with Crippen molar-refractivity contribution in [3.8, 4) is 0 Å². The predicted octanol–water partition coefficient (Wildman–Crippen LogP) is 2.59. The Kier molecular flexibility index (Phi) is 3.90. The van der Waals surface area contributed by atoms with E-state index in [1.165, 1.54) is 0 Å². The van der Waals surface area contributed by atoms with Crippen LogP contribution >= 0.6 is 0 Å². The molecule has 1 saturated heterocycles. The van der Waals surface area contributed by atoms with Gasteiger partial charge in [-0.3, -0.25) is 9.59 Å². The second-order valence-corrected chi connectivity index (χ2v) is 5.96. The van der Waals surface area contributed by atoms with Crippen LogP contribution < -0.4 is 10.2 Å². The number of carbonyl (C=O) groups is 2. The van der Waals surface area contributed by atoms with Gasteiger partial charge in [-0.2, -0.15) is 0 Å². The van der Waals surface area contributed by atoms with Crippen molar-refractivity contribution < 1.29 is 14.1 Å². The predicted molar refractivity (Wildman–Crippen MR) is 86.2 cm³/mol. The monoisotopic (exact) mass is 313 g/mol. The Balaban J connectivity index is 1.76. The fourth-order valence-electron chi connectivity index (χ4n) is 2.98. The summed E-state index contributed by atoms with van der Waals surface area (Å²) in [6.07, 6.45) is 0.205. The van der Waals surface area contributed by atoms with Crippen LogP contribution in [0.4, 0.5) is 11.5 Å². The Morgan fingerprint density at radius 3 is 2.61 bits per heavy atom. The van der Waals surface area contributed by atoms with Crippen molar-refractivity contribution in [3.05, 3.63) is 41.2 Å². The number of hydrogen-bond acceptors (Lipinski definition) is 4. The quantitative estimate of drug-likeness (QED) is 0.945. The van der Waals surface area contributed by atoms with E-state index in [9.17, 15) is 9.59 Å². The second-order valence-electron chi connectivity index (χ2n) is 5.96. The Hall–Kier alpha value is -2.63. The molecule has 6 nitrogen and oxygen atoms in total. The Bertz CT molecular complexity index is 746. The number of aromatic nitrogens is 1. The summed E-state index contributed by atoms with van der Waals surface area (Å²) in [7, 11) is 0. The first-order valence-electron chi connectivity index (χ1n) is 7.56. The maximum atomic E-state index is 12.4. The highest BCUT2D eigenvalue weighted by Crippen LogP contribution is 2.31. The molecular weight excluding hydrogens is 294 g/mol. The lowest BCUT2D eigenvalue weighted by molar-refractivity contribution is -0.122. The molecule has 1 aromatic heterocycles. The van der Waals surface area contributed by atoms with Crippen molar-refractivity contribution in [3.63, 3.8) is 0 Å². The number of anilines is 2. The molecule has 0 bridgehead atoms. The summed E-state index contributed by atoms with van der Waals surface area (Å²) in [6.45, 7) is 6.08. The molecule has 1 N–H and O–H groups in total. The number of para-hydroxylation sites is 1. The smallest absolute Gasteiger partial charge is 0.231 e. The van der Waals surface area contributed by atoms with Gasteiger partial charge in [0, 0.05) is 24.7 Å². The first-order chi connectivity index (χ1) is 11.0. The van der Waals surface area contributed by atoms with E-state index in [0.29, 0.717) is 18.1 Å². The first kappa shape index (κ1) is 15.3. The summed E-state index contributed by atoms with van der Waals surface area (Å²) in [6, 6.07) is 7.56. The lowest BCUT2D eigenvalue weighted by Crippen LogP contribution is -2.29. The average molecular weight is 313 g/mol. The van der Waals surface area contributed by atoms with Gasteiger partial charge in [0.05, 0.1) is 5.92 Å². The van der Waals surface area contributed by atoms with Crippen LogP contribution in [0.3, 0.4) is 0 Å². The van der Waals surface area contributed by atoms with Crippen molar-refractivity contribution in [1.29, 1.82) is 0 Å². The van der Waals surface area contributed by atoms with Gasteiger partial charge < -0.3 is 14.7 Å². The molecule has 1 aliphatic rings. The number of rotatable bonds is 3. The summed E-state index contributed by atoms with van der Waals surface area (Å²) < 4.78 is 4.93. The van der Waals surface area contributed by atoms with Gasteiger partial charge in [0.15, 0.2) is 5.82 Å². The van der Waals surface area contributed by atoms with E-state index in [1.54, 1.807) is 17.9 Å². The van der Waals surface area contributed by atoms with Crippen molar-refractivity contribution in [2.75, 3.05) is 16.8 Å². The zero-order valence-corrected chi connectivity index (χ0v) is 13.4. The number of aryl methyl sites for hydroxylation is 3. The SMILES string of the molecule is Cc1cc(NC(=O)[C@@H]2CC(=O)N(c3c(C)cccc3C)C2)no1. The molecule has 2 amide bonds. The third kappa shape index (κ3) is 2.97. The van der Waals surface area contributed by atoms with E-state index < -0.39 is 5.92 Å². The highest BCUT2D eigenvalue weighted by molar-refractivity contribution is 6.04. The molecule has 0 spiro atoms. The molecule has 1 atom stereocenters. The Labute approximate surface area is 134 Å². The number of nitrogens with zero attached hydrogens (tertiary/aromatic N) is 2. The van der Waals surface area contributed by atoms with Crippen LogP contribution in [0.15, 0.2) is 28.8 Å². The lowest BCUT2D eigenvalue weighted by atomic mass is 10.1.